The zero-order valence-electron chi connectivity index (χ0n) is 9.76. The van der Waals surface area contributed by atoms with E-state index in [9.17, 15) is 14.0 Å². The number of amides is 2. The fraction of sp³-hybridized carbons (Fsp3) is 0. The van der Waals surface area contributed by atoms with E-state index >= 15 is 0 Å². The number of hydrogen-bond donors (Lipinski definition) is 2. The lowest BCUT2D eigenvalue weighted by Crippen LogP contribution is -2.29. The van der Waals surface area contributed by atoms with E-state index in [1.54, 1.807) is 18.2 Å². The fourth-order valence-corrected chi connectivity index (χ4v) is 1.36. The Kier molecular flexibility index (Phi) is 3.82. The molecule has 0 spiro atoms. The van der Waals surface area contributed by atoms with E-state index in [2.05, 4.69) is 15.6 Å². The van der Waals surface area contributed by atoms with E-state index in [0.29, 0.717) is 0 Å². The number of hydrogen-bond acceptors (Lipinski definition) is 3. The molecule has 1 aromatic carbocycles. The van der Waals surface area contributed by atoms with Gasteiger partial charge in [0.15, 0.2) is 0 Å². The number of halogens is 1. The summed E-state index contributed by atoms with van der Waals surface area (Å²) < 4.78 is 12.9. The van der Waals surface area contributed by atoms with Crippen molar-refractivity contribution in [2.45, 2.75) is 0 Å². The van der Waals surface area contributed by atoms with E-state index in [1.165, 1.54) is 24.4 Å². The summed E-state index contributed by atoms with van der Waals surface area (Å²) in [7, 11) is 0. The Balaban J connectivity index is 1.98. The average molecular weight is 259 g/mol. The Morgan fingerprint density at radius 3 is 2.47 bits per heavy atom. The van der Waals surface area contributed by atoms with Gasteiger partial charge < -0.3 is 10.6 Å². The molecule has 0 atom stereocenters. The Hall–Kier alpha value is -2.76. The summed E-state index contributed by atoms with van der Waals surface area (Å²) in [6, 6.07) is 10.2. The number of aromatic nitrogens is 1. The van der Waals surface area contributed by atoms with Gasteiger partial charge in [0.1, 0.15) is 11.6 Å². The van der Waals surface area contributed by atoms with Gasteiger partial charge in [-0.05, 0) is 30.3 Å². The highest BCUT2D eigenvalue weighted by molar-refractivity contribution is 6.43. The van der Waals surface area contributed by atoms with Crippen LogP contribution in [-0.4, -0.2) is 16.8 Å². The molecule has 2 N–H and O–H groups in total. The highest BCUT2D eigenvalue weighted by Crippen LogP contribution is 2.09. The summed E-state index contributed by atoms with van der Waals surface area (Å²) in [4.78, 5) is 26.9. The van der Waals surface area contributed by atoms with Gasteiger partial charge in [0, 0.05) is 11.9 Å². The van der Waals surface area contributed by atoms with Crippen molar-refractivity contribution in [3.05, 3.63) is 54.5 Å². The van der Waals surface area contributed by atoms with Crippen molar-refractivity contribution in [1.29, 1.82) is 0 Å². The molecule has 0 radical (unpaired) electrons. The largest absolute Gasteiger partial charge is 0.318 e. The lowest BCUT2D eigenvalue weighted by molar-refractivity contribution is -0.133. The first kappa shape index (κ1) is 12.7. The molecular formula is C13H10FN3O2. The first-order chi connectivity index (χ1) is 9.15. The maximum absolute atomic E-state index is 12.9. The minimum Gasteiger partial charge on any atom is -0.318 e. The molecule has 0 aliphatic carbocycles. The molecule has 19 heavy (non-hydrogen) atoms. The maximum atomic E-state index is 12.9. The van der Waals surface area contributed by atoms with Crippen LogP contribution in [-0.2, 0) is 9.59 Å². The monoisotopic (exact) mass is 259 g/mol. The van der Waals surface area contributed by atoms with Crippen LogP contribution in [0.5, 0.6) is 0 Å². The summed E-state index contributed by atoms with van der Waals surface area (Å²) in [5, 5.41) is 4.60. The number of nitrogens with one attached hydrogen (secondary N) is 2. The third-order valence-corrected chi connectivity index (χ3v) is 2.20. The molecule has 2 amide bonds. The second-order valence-corrected chi connectivity index (χ2v) is 3.63. The van der Waals surface area contributed by atoms with Crippen LogP contribution in [0.3, 0.4) is 0 Å². The van der Waals surface area contributed by atoms with Gasteiger partial charge >= 0.3 is 11.8 Å². The predicted molar refractivity (Wildman–Crippen MR) is 67.9 cm³/mol. The molecule has 0 aliphatic heterocycles. The Bertz CT molecular complexity index is 602. The molecule has 1 heterocycles. The molecule has 0 saturated heterocycles. The quantitative estimate of drug-likeness (QED) is 0.808. The maximum Gasteiger partial charge on any atom is 0.315 e. The van der Waals surface area contributed by atoms with Gasteiger partial charge in [0.25, 0.3) is 0 Å². The zero-order chi connectivity index (χ0) is 13.7. The van der Waals surface area contributed by atoms with Crippen molar-refractivity contribution in [3.8, 4) is 0 Å². The Morgan fingerprint density at radius 2 is 1.79 bits per heavy atom. The Labute approximate surface area is 108 Å². The van der Waals surface area contributed by atoms with Crippen molar-refractivity contribution < 1.29 is 14.0 Å². The first-order valence-electron chi connectivity index (χ1n) is 5.44. The van der Waals surface area contributed by atoms with Crippen LogP contribution < -0.4 is 10.6 Å². The molecule has 1 aromatic heterocycles. The van der Waals surface area contributed by atoms with E-state index in [-0.39, 0.29) is 11.5 Å². The Morgan fingerprint density at radius 1 is 1.00 bits per heavy atom. The van der Waals surface area contributed by atoms with Crippen molar-refractivity contribution in [3.63, 3.8) is 0 Å². The van der Waals surface area contributed by atoms with Crippen LogP contribution in [0.4, 0.5) is 15.9 Å². The molecule has 2 rings (SSSR count). The minimum atomic E-state index is -0.892. The molecule has 0 aliphatic rings. The number of benzene rings is 1. The second kappa shape index (κ2) is 5.72. The molecular weight excluding hydrogens is 249 g/mol. The van der Waals surface area contributed by atoms with Crippen LogP contribution in [0.25, 0.3) is 0 Å². The summed E-state index contributed by atoms with van der Waals surface area (Å²) in [5.74, 6) is -2.00. The molecule has 6 heteroatoms. The predicted octanol–water partition coefficient (Wildman–Crippen LogP) is 1.80. The number of nitrogens with zero attached hydrogens (tertiary/aromatic N) is 1. The summed E-state index contributed by atoms with van der Waals surface area (Å²) >= 11 is 0. The first-order valence-corrected chi connectivity index (χ1v) is 5.44. The lowest BCUT2D eigenvalue weighted by atomic mass is 10.3. The van der Waals surface area contributed by atoms with Gasteiger partial charge in [-0.1, -0.05) is 12.1 Å². The summed E-state index contributed by atoms with van der Waals surface area (Å²) in [6.45, 7) is 0. The molecule has 2 aromatic rings. The topological polar surface area (TPSA) is 71.1 Å². The second-order valence-electron chi connectivity index (χ2n) is 3.63. The standard InChI is InChI=1S/C13H10FN3O2/c14-9-4-3-5-10(8-9)16-12(18)13(19)17-11-6-1-2-7-15-11/h1-8H,(H,16,18)(H,15,17,19). The lowest BCUT2D eigenvalue weighted by Gasteiger charge is -2.05. The normalized spacial score (nSPS) is 9.74. The van der Waals surface area contributed by atoms with Crippen LogP contribution in [0.15, 0.2) is 48.7 Å². The van der Waals surface area contributed by atoms with Gasteiger partial charge in [0.2, 0.25) is 0 Å². The average Bonchev–Trinajstić information content (AvgIpc) is 2.40. The van der Waals surface area contributed by atoms with E-state index in [1.807, 2.05) is 0 Å². The molecule has 0 fully saturated rings. The summed E-state index contributed by atoms with van der Waals surface area (Å²) in [6.07, 6.45) is 1.49. The van der Waals surface area contributed by atoms with Gasteiger partial charge in [-0.3, -0.25) is 9.59 Å². The third kappa shape index (κ3) is 3.60. The number of carbonyl (C=O) groups is 2. The van der Waals surface area contributed by atoms with Crippen LogP contribution in [0, 0.1) is 5.82 Å². The molecule has 0 bridgehead atoms. The SMILES string of the molecule is O=C(Nc1cccc(F)c1)C(=O)Nc1ccccn1. The third-order valence-electron chi connectivity index (χ3n) is 2.20. The van der Waals surface area contributed by atoms with Crippen molar-refractivity contribution in [2.24, 2.45) is 0 Å². The smallest absolute Gasteiger partial charge is 0.315 e. The number of pyridine rings is 1. The fourth-order valence-electron chi connectivity index (χ4n) is 1.36. The minimum absolute atomic E-state index is 0.209. The highest BCUT2D eigenvalue weighted by atomic mass is 19.1. The van der Waals surface area contributed by atoms with Crippen LogP contribution >= 0.6 is 0 Å². The molecule has 5 nitrogen and oxygen atoms in total. The van der Waals surface area contributed by atoms with Gasteiger partial charge in [-0.25, -0.2) is 9.37 Å². The molecule has 96 valence electrons. The molecule has 0 saturated carbocycles. The number of rotatable bonds is 2. The van der Waals surface area contributed by atoms with Gasteiger partial charge in [-0.15, -0.1) is 0 Å². The van der Waals surface area contributed by atoms with E-state index < -0.39 is 17.6 Å². The van der Waals surface area contributed by atoms with Crippen molar-refractivity contribution >= 4 is 23.3 Å². The van der Waals surface area contributed by atoms with Crippen molar-refractivity contribution in [1.82, 2.24) is 4.98 Å². The summed E-state index contributed by atoms with van der Waals surface area (Å²) in [5.41, 5.74) is 0.209. The van der Waals surface area contributed by atoms with E-state index in [4.69, 9.17) is 0 Å². The zero-order valence-corrected chi connectivity index (χ0v) is 9.76. The highest BCUT2D eigenvalue weighted by Gasteiger charge is 2.14. The van der Waals surface area contributed by atoms with Crippen LogP contribution in [0.1, 0.15) is 0 Å². The van der Waals surface area contributed by atoms with Crippen LogP contribution in [0.2, 0.25) is 0 Å². The van der Waals surface area contributed by atoms with Crippen molar-refractivity contribution in [2.75, 3.05) is 10.6 Å². The van der Waals surface area contributed by atoms with Gasteiger partial charge in [0.05, 0.1) is 0 Å². The van der Waals surface area contributed by atoms with Gasteiger partial charge in [-0.2, -0.15) is 0 Å². The van der Waals surface area contributed by atoms with E-state index in [0.717, 1.165) is 6.07 Å². The number of carbonyl (C=O) groups excluding carboxylic acids is 2. The molecule has 0 unspecified atom stereocenters. The number of anilines is 2.